The van der Waals surface area contributed by atoms with Crippen LogP contribution in [0.1, 0.15) is 30.1 Å². The number of benzene rings is 1. The number of anilines is 1. The van der Waals surface area contributed by atoms with E-state index in [2.05, 4.69) is 17.6 Å². The third-order valence-electron chi connectivity index (χ3n) is 5.39. The van der Waals surface area contributed by atoms with Gasteiger partial charge >= 0.3 is 0 Å². The Morgan fingerprint density at radius 3 is 2.67 bits per heavy atom. The average Bonchev–Trinajstić information content (AvgIpc) is 3.05. The van der Waals surface area contributed by atoms with Crippen LogP contribution in [0.4, 0.5) is 11.4 Å². The van der Waals surface area contributed by atoms with Gasteiger partial charge in [-0.05, 0) is 30.9 Å². The summed E-state index contributed by atoms with van der Waals surface area (Å²) in [5.41, 5.74) is 0.815. The third kappa shape index (κ3) is 5.09. The fourth-order valence-electron chi connectivity index (χ4n) is 3.58. The summed E-state index contributed by atoms with van der Waals surface area (Å²) in [6.07, 6.45) is 1.54. The second kappa shape index (κ2) is 9.34. The highest BCUT2D eigenvalue weighted by Gasteiger charge is 2.27. The summed E-state index contributed by atoms with van der Waals surface area (Å²) < 4.78 is 0. The molecular formula is C18H27ClN4O4. The van der Waals surface area contributed by atoms with E-state index in [1.54, 1.807) is 12.1 Å². The first-order chi connectivity index (χ1) is 12.5. The maximum Gasteiger partial charge on any atom is 0.293 e. The number of piperidine rings is 1. The van der Waals surface area contributed by atoms with Crippen molar-refractivity contribution in [2.75, 3.05) is 37.6 Å². The number of aliphatic hydroxyl groups excluding tert-OH is 1. The Kier molecular flexibility index (Phi) is 7.41. The van der Waals surface area contributed by atoms with Gasteiger partial charge in [-0.1, -0.05) is 6.92 Å². The van der Waals surface area contributed by atoms with Crippen LogP contribution < -0.4 is 15.5 Å². The third-order valence-corrected chi connectivity index (χ3v) is 5.39. The summed E-state index contributed by atoms with van der Waals surface area (Å²) in [6.45, 7) is 5.28. The van der Waals surface area contributed by atoms with Crippen LogP contribution in [-0.4, -0.2) is 54.8 Å². The second-order valence-corrected chi connectivity index (χ2v) is 7.33. The van der Waals surface area contributed by atoms with E-state index >= 15 is 0 Å². The molecule has 8 nitrogen and oxygen atoms in total. The van der Waals surface area contributed by atoms with Crippen molar-refractivity contribution in [3.8, 4) is 0 Å². The van der Waals surface area contributed by atoms with Crippen LogP contribution in [0.5, 0.6) is 0 Å². The second-order valence-electron chi connectivity index (χ2n) is 7.33. The minimum atomic E-state index is -0.478. The van der Waals surface area contributed by atoms with Gasteiger partial charge in [0.05, 0.1) is 11.0 Å². The first kappa shape index (κ1) is 21.4. The van der Waals surface area contributed by atoms with Gasteiger partial charge in [0, 0.05) is 50.3 Å². The molecule has 0 bridgehead atoms. The number of nitro groups is 1. The van der Waals surface area contributed by atoms with Gasteiger partial charge in [0.15, 0.2) is 0 Å². The fraction of sp³-hybridized carbons (Fsp3) is 0.611. The summed E-state index contributed by atoms with van der Waals surface area (Å²) in [7, 11) is 0. The summed E-state index contributed by atoms with van der Waals surface area (Å²) in [5, 5.41) is 27.1. The zero-order valence-electron chi connectivity index (χ0n) is 15.4. The van der Waals surface area contributed by atoms with Gasteiger partial charge in [-0.15, -0.1) is 12.4 Å². The molecule has 2 saturated heterocycles. The van der Waals surface area contributed by atoms with Crippen molar-refractivity contribution in [3.05, 3.63) is 33.9 Å². The van der Waals surface area contributed by atoms with Gasteiger partial charge in [0.1, 0.15) is 5.69 Å². The van der Waals surface area contributed by atoms with Crippen LogP contribution in [-0.2, 0) is 0 Å². The summed E-state index contributed by atoms with van der Waals surface area (Å²) in [5.74, 6) is 0.241. The Balaban J connectivity index is 0.00000261. The number of carbonyl (C=O) groups excluding carboxylic acids is 1. The van der Waals surface area contributed by atoms with Crippen molar-refractivity contribution in [3.63, 3.8) is 0 Å². The number of halogens is 1. The minimum Gasteiger partial charge on any atom is -0.391 e. The molecule has 0 saturated carbocycles. The van der Waals surface area contributed by atoms with Crippen molar-refractivity contribution in [2.45, 2.75) is 25.9 Å². The van der Waals surface area contributed by atoms with Crippen LogP contribution in [0.15, 0.2) is 18.2 Å². The molecule has 2 unspecified atom stereocenters. The minimum absolute atomic E-state index is 0. The Labute approximate surface area is 164 Å². The maximum atomic E-state index is 12.4. The van der Waals surface area contributed by atoms with E-state index in [4.69, 9.17) is 0 Å². The quantitative estimate of drug-likeness (QED) is 0.513. The van der Waals surface area contributed by atoms with Crippen LogP contribution in [0, 0.1) is 22.0 Å². The van der Waals surface area contributed by atoms with E-state index < -0.39 is 11.0 Å². The number of nitrogens with zero attached hydrogens (tertiary/aromatic N) is 2. The fourth-order valence-corrected chi connectivity index (χ4v) is 3.58. The SMILES string of the molecule is CC1CCN(c2ccc(C(=O)NCC3CNCC3O)cc2[N+](=O)[O-])CC1.Cl. The molecule has 27 heavy (non-hydrogen) atoms. The Hall–Kier alpha value is -1.90. The van der Waals surface area contributed by atoms with E-state index in [-0.39, 0.29) is 35.5 Å². The molecule has 0 aromatic heterocycles. The van der Waals surface area contributed by atoms with Gasteiger partial charge in [0.25, 0.3) is 11.6 Å². The topological polar surface area (TPSA) is 108 Å². The highest BCUT2D eigenvalue weighted by molar-refractivity contribution is 5.95. The normalized spacial score (nSPS) is 23.0. The number of β-amino-alcohol motifs (C(OH)–C–C–N with tert-alkyl or cyclic N) is 1. The lowest BCUT2D eigenvalue weighted by Gasteiger charge is -2.31. The number of carbonyl (C=O) groups is 1. The standard InChI is InChI=1S/C18H26N4O4.ClH/c1-12-4-6-21(7-5-12)15-3-2-13(8-16(15)22(25)26)18(24)20-10-14-9-19-11-17(14)23;/h2-3,8,12,14,17,19,23H,4-7,9-11H2,1H3,(H,20,24);1H. The number of hydrogen-bond donors (Lipinski definition) is 3. The lowest BCUT2D eigenvalue weighted by atomic mass is 9.98. The van der Waals surface area contributed by atoms with E-state index in [0.717, 1.165) is 25.9 Å². The molecular weight excluding hydrogens is 372 g/mol. The zero-order chi connectivity index (χ0) is 18.7. The number of aliphatic hydroxyl groups is 1. The molecule has 3 rings (SSSR count). The predicted molar refractivity (Wildman–Crippen MR) is 106 cm³/mol. The molecule has 2 atom stereocenters. The molecule has 2 fully saturated rings. The van der Waals surface area contributed by atoms with E-state index in [0.29, 0.717) is 31.2 Å². The van der Waals surface area contributed by atoms with E-state index in [1.807, 2.05) is 4.90 Å². The Morgan fingerprint density at radius 2 is 2.07 bits per heavy atom. The van der Waals surface area contributed by atoms with Crippen LogP contribution >= 0.6 is 12.4 Å². The van der Waals surface area contributed by atoms with E-state index in [1.165, 1.54) is 6.07 Å². The molecule has 3 N–H and O–H groups in total. The first-order valence-electron chi connectivity index (χ1n) is 9.16. The predicted octanol–water partition coefficient (Wildman–Crippen LogP) is 1.56. The number of nitrogens with one attached hydrogen (secondary N) is 2. The van der Waals surface area contributed by atoms with Gasteiger partial charge < -0.3 is 20.6 Å². The number of nitro benzene ring substituents is 1. The smallest absolute Gasteiger partial charge is 0.293 e. The summed E-state index contributed by atoms with van der Waals surface area (Å²) >= 11 is 0. The average molecular weight is 399 g/mol. The summed E-state index contributed by atoms with van der Waals surface area (Å²) in [6, 6.07) is 4.67. The number of amides is 1. The lowest BCUT2D eigenvalue weighted by Crippen LogP contribution is -2.35. The Morgan fingerprint density at radius 1 is 1.37 bits per heavy atom. The van der Waals surface area contributed by atoms with Crippen molar-refractivity contribution in [1.82, 2.24) is 10.6 Å². The van der Waals surface area contributed by atoms with Gasteiger partial charge in [-0.25, -0.2) is 0 Å². The monoisotopic (exact) mass is 398 g/mol. The molecule has 2 aliphatic heterocycles. The molecule has 2 heterocycles. The molecule has 1 aromatic rings. The van der Waals surface area contributed by atoms with Crippen LogP contribution in [0.2, 0.25) is 0 Å². The molecule has 9 heteroatoms. The van der Waals surface area contributed by atoms with Gasteiger partial charge in [0.2, 0.25) is 0 Å². The molecule has 0 spiro atoms. The molecule has 0 radical (unpaired) electrons. The highest BCUT2D eigenvalue weighted by Crippen LogP contribution is 2.32. The van der Waals surface area contributed by atoms with Crippen molar-refractivity contribution in [1.29, 1.82) is 0 Å². The van der Waals surface area contributed by atoms with Gasteiger partial charge in [-0.2, -0.15) is 0 Å². The maximum absolute atomic E-state index is 12.4. The van der Waals surface area contributed by atoms with E-state index in [9.17, 15) is 20.0 Å². The number of rotatable bonds is 5. The zero-order valence-corrected chi connectivity index (χ0v) is 16.2. The molecule has 150 valence electrons. The highest BCUT2D eigenvalue weighted by atomic mass is 35.5. The van der Waals surface area contributed by atoms with Crippen molar-refractivity contribution < 1.29 is 14.8 Å². The van der Waals surface area contributed by atoms with Gasteiger partial charge in [-0.3, -0.25) is 14.9 Å². The van der Waals surface area contributed by atoms with Crippen molar-refractivity contribution in [2.24, 2.45) is 11.8 Å². The summed E-state index contributed by atoms with van der Waals surface area (Å²) in [4.78, 5) is 25.5. The molecule has 2 aliphatic rings. The number of hydrogen-bond acceptors (Lipinski definition) is 6. The molecule has 1 aromatic carbocycles. The Bertz CT molecular complexity index is 679. The van der Waals surface area contributed by atoms with Crippen molar-refractivity contribution >= 4 is 29.7 Å². The molecule has 0 aliphatic carbocycles. The first-order valence-corrected chi connectivity index (χ1v) is 9.16. The van der Waals surface area contributed by atoms with Crippen LogP contribution in [0.25, 0.3) is 0 Å². The largest absolute Gasteiger partial charge is 0.391 e. The lowest BCUT2D eigenvalue weighted by molar-refractivity contribution is -0.384. The van der Waals surface area contributed by atoms with Crippen LogP contribution in [0.3, 0.4) is 0 Å². The molecule has 1 amide bonds.